The van der Waals surface area contributed by atoms with Gasteiger partial charge in [0.05, 0.1) is 32.2 Å². The summed E-state index contributed by atoms with van der Waals surface area (Å²) in [5.41, 5.74) is 4.41. The second kappa shape index (κ2) is 7.28. The minimum absolute atomic E-state index is 0.171. The molecule has 0 aliphatic heterocycles. The molecule has 0 aliphatic rings. The highest BCUT2D eigenvalue weighted by molar-refractivity contribution is 14.1. The summed E-state index contributed by atoms with van der Waals surface area (Å²) in [4.78, 5) is 12.5. The fraction of sp³-hybridized carbons (Fsp3) is 0.235. The molecule has 0 bridgehead atoms. The smallest absolute Gasteiger partial charge is 0.275 e. The predicted octanol–water partition coefficient (Wildman–Crippen LogP) is 3.90. The third-order valence-corrected chi connectivity index (χ3v) is 5.86. The lowest BCUT2D eigenvalue weighted by Crippen LogP contribution is -2.17. The average molecular weight is 514 g/mol. The molecule has 1 aromatic carbocycles. The monoisotopic (exact) mass is 513 g/mol. The zero-order valence-electron chi connectivity index (χ0n) is 14.0. The topological polar surface area (TPSA) is 64.7 Å². The molecule has 0 radical (unpaired) electrons. The van der Waals surface area contributed by atoms with Crippen LogP contribution in [0.5, 0.6) is 0 Å². The molecule has 1 N–H and O–H groups in total. The number of hydrogen-bond donors (Lipinski definition) is 1. The number of carbonyl (C=O) groups is 1. The summed E-state index contributed by atoms with van der Waals surface area (Å²) in [6.45, 7) is 4.64. The van der Waals surface area contributed by atoms with Crippen molar-refractivity contribution in [3.8, 4) is 0 Å². The predicted molar refractivity (Wildman–Crippen MR) is 109 cm³/mol. The van der Waals surface area contributed by atoms with E-state index in [1.807, 2.05) is 42.8 Å². The summed E-state index contributed by atoms with van der Waals surface area (Å²) >= 11 is 5.66. The first-order valence-electron chi connectivity index (χ1n) is 7.64. The number of nitrogens with zero attached hydrogens (tertiary/aromatic N) is 4. The summed E-state index contributed by atoms with van der Waals surface area (Å²) in [7, 11) is 1.76. The number of nitrogens with one attached hydrogen (secondary N) is 1. The Balaban J connectivity index is 1.80. The maximum atomic E-state index is 12.5. The van der Waals surface area contributed by atoms with Crippen LogP contribution in [0, 0.1) is 17.4 Å². The molecule has 2 heterocycles. The second-order valence-corrected chi connectivity index (χ2v) is 7.72. The van der Waals surface area contributed by atoms with Gasteiger partial charge >= 0.3 is 0 Å². The van der Waals surface area contributed by atoms with Gasteiger partial charge < -0.3 is 5.32 Å². The van der Waals surface area contributed by atoms with E-state index in [0.717, 1.165) is 30.7 Å². The van der Waals surface area contributed by atoms with Crippen molar-refractivity contribution in [2.75, 3.05) is 5.32 Å². The molecular weight excluding hydrogens is 497 g/mol. The Labute approximate surface area is 167 Å². The number of carbonyl (C=O) groups excluding carboxylic acids is 1. The van der Waals surface area contributed by atoms with Gasteiger partial charge in [0.1, 0.15) is 5.69 Å². The number of halogens is 2. The summed E-state index contributed by atoms with van der Waals surface area (Å²) < 4.78 is 5.38. The lowest BCUT2D eigenvalue weighted by molar-refractivity contribution is 0.101. The number of anilines is 1. The van der Waals surface area contributed by atoms with Crippen molar-refractivity contribution in [1.82, 2.24) is 19.6 Å². The van der Waals surface area contributed by atoms with Crippen LogP contribution in [0.4, 0.5) is 5.69 Å². The molecule has 6 nitrogen and oxygen atoms in total. The molecule has 0 aliphatic carbocycles. The summed E-state index contributed by atoms with van der Waals surface area (Å²) in [6, 6.07) is 7.79. The van der Waals surface area contributed by atoms with E-state index >= 15 is 0 Å². The Bertz CT molecular complexity index is 927. The average Bonchev–Trinajstić information content (AvgIpc) is 3.02. The van der Waals surface area contributed by atoms with Gasteiger partial charge in [-0.2, -0.15) is 10.2 Å². The first-order valence-corrected chi connectivity index (χ1v) is 9.51. The van der Waals surface area contributed by atoms with Crippen LogP contribution in [0.25, 0.3) is 0 Å². The van der Waals surface area contributed by atoms with Gasteiger partial charge in [0.15, 0.2) is 0 Å². The standard InChI is InChI=1S/C17H17BrIN5O/c1-10-15(18)11(2)24(22-10)9-12-5-4-6-13(7-12)21-17(25)16-14(19)8-20-23(16)3/h4-8H,9H2,1-3H3,(H,21,25). The minimum atomic E-state index is -0.171. The summed E-state index contributed by atoms with van der Waals surface area (Å²) in [6.07, 6.45) is 1.67. The molecule has 0 spiro atoms. The van der Waals surface area contributed by atoms with Crippen LogP contribution < -0.4 is 5.32 Å². The normalized spacial score (nSPS) is 10.9. The molecule has 8 heteroatoms. The maximum Gasteiger partial charge on any atom is 0.275 e. The van der Waals surface area contributed by atoms with Gasteiger partial charge in [0.2, 0.25) is 0 Å². The van der Waals surface area contributed by atoms with E-state index < -0.39 is 0 Å². The molecule has 0 saturated heterocycles. The maximum absolute atomic E-state index is 12.5. The van der Waals surface area contributed by atoms with E-state index in [1.54, 1.807) is 17.9 Å². The number of aryl methyl sites for hydroxylation is 2. The molecule has 3 rings (SSSR count). The zero-order chi connectivity index (χ0) is 18.1. The molecule has 130 valence electrons. The Hall–Kier alpha value is -1.68. The molecule has 2 aromatic heterocycles. The van der Waals surface area contributed by atoms with Gasteiger partial charge in [0.25, 0.3) is 5.91 Å². The largest absolute Gasteiger partial charge is 0.321 e. The van der Waals surface area contributed by atoms with Crippen molar-refractivity contribution in [3.63, 3.8) is 0 Å². The van der Waals surface area contributed by atoms with E-state index in [-0.39, 0.29) is 5.91 Å². The number of amides is 1. The highest BCUT2D eigenvalue weighted by atomic mass is 127. The van der Waals surface area contributed by atoms with Gasteiger partial charge in [-0.15, -0.1) is 0 Å². The minimum Gasteiger partial charge on any atom is -0.321 e. The third-order valence-electron chi connectivity index (χ3n) is 3.92. The molecule has 0 saturated carbocycles. The first kappa shape index (κ1) is 18.1. The van der Waals surface area contributed by atoms with Crippen molar-refractivity contribution in [2.45, 2.75) is 20.4 Å². The zero-order valence-corrected chi connectivity index (χ0v) is 17.8. The van der Waals surface area contributed by atoms with Gasteiger partial charge in [-0.1, -0.05) is 12.1 Å². The Morgan fingerprint density at radius 1 is 1.36 bits per heavy atom. The van der Waals surface area contributed by atoms with Gasteiger partial charge in [-0.05, 0) is 70.1 Å². The van der Waals surface area contributed by atoms with Crippen LogP contribution in [-0.4, -0.2) is 25.5 Å². The highest BCUT2D eigenvalue weighted by Crippen LogP contribution is 2.21. The van der Waals surface area contributed by atoms with E-state index in [0.29, 0.717) is 12.2 Å². The van der Waals surface area contributed by atoms with Crippen molar-refractivity contribution in [1.29, 1.82) is 0 Å². The van der Waals surface area contributed by atoms with E-state index in [2.05, 4.69) is 54.0 Å². The van der Waals surface area contributed by atoms with Crippen LogP contribution in [0.1, 0.15) is 27.4 Å². The van der Waals surface area contributed by atoms with Gasteiger partial charge in [-0.25, -0.2) is 0 Å². The van der Waals surface area contributed by atoms with Crippen LogP contribution in [0.15, 0.2) is 34.9 Å². The number of rotatable bonds is 4. The Morgan fingerprint density at radius 3 is 2.72 bits per heavy atom. The van der Waals surface area contributed by atoms with Crippen molar-refractivity contribution in [2.24, 2.45) is 7.05 Å². The number of hydrogen-bond acceptors (Lipinski definition) is 3. The van der Waals surface area contributed by atoms with Crippen LogP contribution in [-0.2, 0) is 13.6 Å². The molecule has 0 atom stereocenters. The molecule has 1 amide bonds. The number of benzene rings is 1. The van der Waals surface area contributed by atoms with Crippen molar-refractivity contribution >= 4 is 50.1 Å². The van der Waals surface area contributed by atoms with Crippen LogP contribution in [0.2, 0.25) is 0 Å². The van der Waals surface area contributed by atoms with E-state index in [1.165, 1.54) is 0 Å². The van der Waals surface area contributed by atoms with Crippen molar-refractivity contribution in [3.05, 3.63) is 61.2 Å². The van der Waals surface area contributed by atoms with Gasteiger partial charge in [-0.3, -0.25) is 14.2 Å². The summed E-state index contributed by atoms with van der Waals surface area (Å²) in [5.74, 6) is -0.171. The lowest BCUT2D eigenvalue weighted by Gasteiger charge is -2.09. The molecule has 0 fully saturated rings. The fourth-order valence-corrected chi connectivity index (χ4v) is 3.61. The molecular formula is C17H17BrIN5O. The fourth-order valence-electron chi connectivity index (χ4n) is 2.61. The molecule has 3 aromatic rings. The third kappa shape index (κ3) is 3.79. The SMILES string of the molecule is Cc1nn(Cc2cccc(NC(=O)c3c(I)cnn3C)c2)c(C)c1Br. The van der Waals surface area contributed by atoms with Crippen LogP contribution >= 0.6 is 38.5 Å². The highest BCUT2D eigenvalue weighted by Gasteiger charge is 2.15. The van der Waals surface area contributed by atoms with Crippen LogP contribution in [0.3, 0.4) is 0 Å². The summed E-state index contributed by atoms with van der Waals surface area (Å²) in [5, 5.41) is 11.6. The Morgan fingerprint density at radius 2 is 2.12 bits per heavy atom. The lowest BCUT2D eigenvalue weighted by atomic mass is 10.2. The first-order chi connectivity index (χ1) is 11.9. The second-order valence-electron chi connectivity index (χ2n) is 5.76. The molecule has 25 heavy (non-hydrogen) atoms. The molecule has 0 unspecified atom stereocenters. The van der Waals surface area contributed by atoms with Crippen molar-refractivity contribution < 1.29 is 4.79 Å². The quantitative estimate of drug-likeness (QED) is 0.538. The van der Waals surface area contributed by atoms with Gasteiger partial charge in [0, 0.05) is 12.7 Å². The Kier molecular flexibility index (Phi) is 5.28. The van der Waals surface area contributed by atoms with E-state index in [4.69, 9.17) is 0 Å². The number of aromatic nitrogens is 4. The van der Waals surface area contributed by atoms with E-state index in [9.17, 15) is 4.79 Å².